The first-order valence-electron chi connectivity index (χ1n) is 19.2. The zero-order valence-electron chi connectivity index (χ0n) is 31.9. The summed E-state index contributed by atoms with van der Waals surface area (Å²) >= 11 is 0. The van der Waals surface area contributed by atoms with Crippen LogP contribution in [0.3, 0.4) is 0 Å². The second-order valence-corrected chi connectivity index (χ2v) is 15.9. The number of hydrogen-bond donors (Lipinski definition) is 0. The van der Waals surface area contributed by atoms with Crippen molar-refractivity contribution in [2.24, 2.45) is 17.8 Å². The molecule has 3 unspecified atom stereocenters. The van der Waals surface area contributed by atoms with E-state index in [0.29, 0.717) is 57.4 Å². The van der Waals surface area contributed by atoms with E-state index in [9.17, 15) is 9.13 Å². The first kappa shape index (κ1) is 48.3. The Kier molecular flexibility index (Phi) is 35.4. The van der Waals surface area contributed by atoms with Crippen LogP contribution >= 0.6 is 15.6 Å². The van der Waals surface area contributed by atoms with E-state index >= 15 is 0 Å². The third-order valence-electron chi connectivity index (χ3n) is 8.28. The molecule has 8 nitrogen and oxygen atoms in total. The second-order valence-electron chi connectivity index (χ2n) is 12.6. The van der Waals surface area contributed by atoms with Gasteiger partial charge in [0.05, 0.1) is 39.6 Å². The molecule has 0 aliphatic rings. The lowest BCUT2D eigenvalue weighted by molar-refractivity contribution is 0.0732. The summed E-state index contributed by atoms with van der Waals surface area (Å²) in [6.07, 6.45) is 19.1. The number of rotatable bonds is 33. The van der Waals surface area contributed by atoms with E-state index in [1.165, 1.54) is 38.5 Å². The van der Waals surface area contributed by atoms with Crippen LogP contribution in [-0.2, 0) is 36.3 Å². The van der Waals surface area contributed by atoms with Crippen molar-refractivity contribution >= 4 is 15.6 Å². The maximum Gasteiger partial charge on any atom is 0.474 e. The predicted octanol–water partition coefficient (Wildman–Crippen LogP) is 13.3. The van der Waals surface area contributed by atoms with E-state index in [-0.39, 0.29) is 0 Å². The minimum absolute atomic E-state index is 0.416. The van der Waals surface area contributed by atoms with Crippen LogP contribution < -0.4 is 0 Å². The van der Waals surface area contributed by atoms with Crippen LogP contribution in [0, 0.1) is 17.8 Å². The van der Waals surface area contributed by atoms with Crippen molar-refractivity contribution in [3.63, 3.8) is 0 Å². The van der Waals surface area contributed by atoms with E-state index in [0.717, 1.165) is 77.0 Å². The van der Waals surface area contributed by atoms with Gasteiger partial charge in [-0.3, -0.25) is 27.1 Å². The molecule has 3 atom stereocenters. The Morgan fingerprint density at radius 1 is 0.370 bits per heavy atom. The zero-order valence-corrected chi connectivity index (χ0v) is 33.7. The zero-order chi connectivity index (χ0) is 34.9. The quantitative estimate of drug-likeness (QED) is 0.0494. The van der Waals surface area contributed by atoms with E-state index < -0.39 is 15.6 Å². The highest BCUT2D eigenvalue weighted by Gasteiger charge is 2.30. The lowest BCUT2D eigenvalue weighted by atomic mass is 10.0. The van der Waals surface area contributed by atoms with Crippen molar-refractivity contribution < 1.29 is 36.3 Å². The minimum atomic E-state index is -3.52. The first-order valence-corrected chi connectivity index (χ1v) is 22.2. The van der Waals surface area contributed by atoms with Crippen LogP contribution in [0.15, 0.2) is 0 Å². The van der Waals surface area contributed by atoms with Gasteiger partial charge in [0.1, 0.15) is 0 Å². The van der Waals surface area contributed by atoms with Crippen molar-refractivity contribution in [2.45, 2.75) is 178 Å². The van der Waals surface area contributed by atoms with Crippen molar-refractivity contribution in [3.8, 4) is 0 Å². The number of unbranched alkanes of at least 4 members (excludes halogenated alkanes) is 6. The first-order chi connectivity index (χ1) is 22.2. The Labute approximate surface area is 286 Å². The molecule has 0 radical (unpaired) electrons. The number of phosphoric ester groups is 2. The molecule has 0 N–H and O–H groups in total. The van der Waals surface area contributed by atoms with Crippen LogP contribution in [0.25, 0.3) is 0 Å². The summed E-state index contributed by atoms with van der Waals surface area (Å²) in [7, 11) is -6.83. The monoisotopic (exact) mass is 701 g/mol. The van der Waals surface area contributed by atoms with Gasteiger partial charge in [0.15, 0.2) is 0 Å². The lowest BCUT2D eigenvalue weighted by Crippen LogP contribution is -2.16. The van der Waals surface area contributed by atoms with Gasteiger partial charge in [-0.2, -0.15) is 0 Å². The van der Waals surface area contributed by atoms with Gasteiger partial charge in [-0.15, -0.1) is 0 Å². The molecule has 280 valence electrons. The summed E-state index contributed by atoms with van der Waals surface area (Å²) in [6, 6.07) is 0. The summed E-state index contributed by atoms with van der Waals surface area (Å²) in [4.78, 5) is 0. The maximum atomic E-state index is 13.4. The third kappa shape index (κ3) is 28.1. The van der Waals surface area contributed by atoms with Gasteiger partial charge in [-0.25, -0.2) is 9.13 Å². The SMILES string of the molecule is CCCCC(CC)COP(=O)(OCC(CC)CCCC)OCC(CC)CCCC.CCCCOP(=O)(OCCCC)OCCCC. The molecule has 0 aliphatic carbocycles. The van der Waals surface area contributed by atoms with Crippen molar-refractivity contribution in [1.82, 2.24) is 0 Å². The maximum absolute atomic E-state index is 13.4. The highest BCUT2D eigenvalue weighted by Crippen LogP contribution is 2.51. The fourth-order valence-corrected chi connectivity index (χ4v) is 7.16. The average Bonchev–Trinajstić information content (AvgIpc) is 3.06. The van der Waals surface area contributed by atoms with Crippen LogP contribution in [0.4, 0.5) is 0 Å². The molecule has 0 bridgehead atoms. The predicted molar refractivity (Wildman–Crippen MR) is 196 cm³/mol. The average molecular weight is 701 g/mol. The molecule has 0 heterocycles. The Hall–Kier alpha value is 0.220. The van der Waals surface area contributed by atoms with E-state index in [1.54, 1.807) is 0 Å². The minimum Gasteiger partial charge on any atom is -0.287 e. The molecular formula is C36H78O8P2. The second kappa shape index (κ2) is 33.7. The van der Waals surface area contributed by atoms with Crippen LogP contribution in [0.2, 0.25) is 0 Å². The molecule has 0 saturated carbocycles. The molecule has 0 aromatic heterocycles. The summed E-state index contributed by atoms with van der Waals surface area (Å²) in [5, 5.41) is 0. The number of phosphoric acid groups is 2. The highest BCUT2D eigenvalue weighted by molar-refractivity contribution is 7.48. The molecule has 0 aromatic carbocycles. The van der Waals surface area contributed by atoms with E-state index in [2.05, 4.69) is 62.3 Å². The normalized spacial score (nSPS) is 15.2. The molecule has 0 saturated heterocycles. The van der Waals surface area contributed by atoms with E-state index in [1.807, 2.05) is 0 Å². The molecule has 0 aliphatic heterocycles. The molecule has 0 spiro atoms. The van der Waals surface area contributed by atoms with Gasteiger partial charge < -0.3 is 0 Å². The standard InChI is InChI=1S/C24H51O4P.C12H27O4P/c1-7-13-16-22(10-4)19-26-29(25,27-20-23(11-5)17-14-8-2)28-21-24(12-6)18-15-9-3;1-4-7-10-14-17(13,15-11-8-5-2)16-12-9-6-3/h22-24H,7-21H2,1-6H3;4-12H2,1-3H3. The molecule has 46 heavy (non-hydrogen) atoms. The van der Waals surface area contributed by atoms with Gasteiger partial charge in [-0.05, 0) is 56.3 Å². The lowest BCUT2D eigenvalue weighted by Gasteiger charge is -2.25. The summed E-state index contributed by atoms with van der Waals surface area (Å²) < 4.78 is 59.1. The Morgan fingerprint density at radius 3 is 0.826 bits per heavy atom. The summed E-state index contributed by atoms with van der Waals surface area (Å²) in [5.41, 5.74) is 0. The molecule has 0 rings (SSSR count). The van der Waals surface area contributed by atoms with Crippen molar-refractivity contribution in [3.05, 3.63) is 0 Å². The Bertz CT molecular complexity index is 634. The van der Waals surface area contributed by atoms with Gasteiger partial charge in [-0.1, -0.05) is 139 Å². The van der Waals surface area contributed by atoms with Crippen LogP contribution in [-0.4, -0.2) is 39.6 Å². The van der Waals surface area contributed by atoms with Gasteiger partial charge in [0.25, 0.3) is 0 Å². The van der Waals surface area contributed by atoms with Crippen molar-refractivity contribution in [1.29, 1.82) is 0 Å². The topological polar surface area (TPSA) is 89.5 Å². The molecule has 0 aromatic rings. The largest absolute Gasteiger partial charge is 0.474 e. The summed E-state index contributed by atoms with van der Waals surface area (Å²) in [5.74, 6) is 1.25. The van der Waals surface area contributed by atoms with Gasteiger partial charge in [0.2, 0.25) is 0 Å². The van der Waals surface area contributed by atoms with E-state index in [4.69, 9.17) is 27.1 Å². The highest BCUT2D eigenvalue weighted by atomic mass is 31.2. The van der Waals surface area contributed by atoms with Crippen LogP contribution in [0.5, 0.6) is 0 Å². The fraction of sp³-hybridized carbons (Fsp3) is 1.00. The van der Waals surface area contributed by atoms with Crippen LogP contribution in [0.1, 0.15) is 178 Å². The Morgan fingerprint density at radius 2 is 0.609 bits per heavy atom. The third-order valence-corrected chi connectivity index (χ3v) is 11.2. The molecule has 0 fully saturated rings. The molecule has 0 amide bonds. The molecular weight excluding hydrogens is 622 g/mol. The Balaban J connectivity index is 0. The molecule has 10 heteroatoms. The smallest absolute Gasteiger partial charge is 0.287 e. The summed E-state index contributed by atoms with van der Waals surface area (Å²) in [6.45, 7) is 22.0. The van der Waals surface area contributed by atoms with Gasteiger partial charge >= 0.3 is 15.6 Å². The number of hydrogen-bond acceptors (Lipinski definition) is 8. The van der Waals surface area contributed by atoms with Crippen molar-refractivity contribution in [2.75, 3.05) is 39.6 Å². The fourth-order valence-electron chi connectivity index (χ4n) is 4.47. The van der Waals surface area contributed by atoms with Gasteiger partial charge in [0, 0.05) is 0 Å².